The summed E-state index contributed by atoms with van der Waals surface area (Å²) in [6.45, 7) is 0. The number of hydrogen-bond donors (Lipinski definition) is 0. The minimum Gasteiger partial charge on any atom is -0.274 e. The molecule has 228 valence electrons. The number of nitrogens with zero attached hydrogens (tertiary/aromatic N) is 4. The molecule has 0 N–H and O–H groups in total. The second-order valence-corrected chi connectivity index (χ2v) is 12.5. The number of aromatic nitrogens is 4. The van der Waals surface area contributed by atoms with Crippen molar-refractivity contribution in [2.45, 2.75) is 0 Å². The molecule has 0 aliphatic heterocycles. The quantitative estimate of drug-likeness (QED) is 0.183. The topological polar surface area (TPSA) is 43.1 Å². The fraction of sp³-hybridized carbons (Fsp3) is 0. The molecular weight excluding hydrogens is 597 g/mol. The first-order valence-corrected chi connectivity index (χ1v) is 16.5. The second-order valence-electron chi connectivity index (χ2n) is 12.5. The maximum Gasteiger partial charge on any atom is 0.166 e. The zero-order valence-corrected chi connectivity index (χ0v) is 26.5. The predicted molar refractivity (Wildman–Crippen MR) is 203 cm³/mol. The van der Waals surface area contributed by atoms with Crippen molar-refractivity contribution in [3.05, 3.63) is 170 Å². The molecule has 7 aromatic carbocycles. The lowest BCUT2D eigenvalue weighted by molar-refractivity contribution is 1.20. The summed E-state index contributed by atoms with van der Waals surface area (Å²) in [5.41, 5.74) is 12.9. The summed E-state index contributed by atoms with van der Waals surface area (Å²) in [5.74, 6) is 0. The molecule has 4 nitrogen and oxygen atoms in total. The maximum absolute atomic E-state index is 5.49. The van der Waals surface area contributed by atoms with E-state index in [0.717, 1.165) is 72.3 Å². The number of hydrogen-bond acceptors (Lipinski definition) is 3. The summed E-state index contributed by atoms with van der Waals surface area (Å²) in [6.07, 6.45) is 0. The Kier molecular flexibility index (Phi) is 6.15. The van der Waals surface area contributed by atoms with Gasteiger partial charge in [-0.15, -0.1) is 0 Å². The lowest BCUT2D eigenvalue weighted by Crippen LogP contribution is -2.01. The third-order valence-electron chi connectivity index (χ3n) is 9.56. The minimum atomic E-state index is 0.790. The second kappa shape index (κ2) is 11.0. The van der Waals surface area contributed by atoms with Gasteiger partial charge in [-0.2, -0.15) is 0 Å². The number of para-hydroxylation sites is 2. The Hall–Kier alpha value is -6.65. The van der Waals surface area contributed by atoms with E-state index in [-0.39, 0.29) is 0 Å². The van der Waals surface area contributed by atoms with Crippen LogP contribution in [0.3, 0.4) is 0 Å². The lowest BCUT2D eigenvalue weighted by Gasteiger charge is -2.15. The van der Waals surface area contributed by atoms with Crippen LogP contribution in [0.2, 0.25) is 0 Å². The summed E-state index contributed by atoms with van der Waals surface area (Å²) in [4.78, 5) is 16.1. The van der Waals surface area contributed by atoms with Crippen molar-refractivity contribution in [1.82, 2.24) is 19.4 Å². The van der Waals surface area contributed by atoms with Gasteiger partial charge >= 0.3 is 0 Å². The van der Waals surface area contributed by atoms with E-state index >= 15 is 0 Å². The predicted octanol–water partition coefficient (Wildman–Crippen LogP) is 11.4. The molecule has 0 fully saturated rings. The number of imidazole rings is 1. The van der Waals surface area contributed by atoms with Crippen LogP contribution in [0.5, 0.6) is 0 Å². The van der Waals surface area contributed by atoms with Gasteiger partial charge in [0.1, 0.15) is 11.2 Å². The van der Waals surface area contributed by atoms with Gasteiger partial charge in [0.15, 0.2) is 5.65 Å². The van der Waals surface area contributed by atoms with Crippen molar-refractivity contribution >= 4 is 49.4 Å². The van der Waals surface area contributed by atoms with Crippen LogP contribution >= 0.6 is 0 Å². The Balaban J connectivity index is 1.22. The highest BCUT2D eigenvalue weighted by Crippen LogP contribution is 2.38. The molecule has 10 aromatic rings. The fourth-order valence-electron chi connectivity index (χ4n) is 7.12. The van der Waals surface area contributed by atoms with E-state index in [2.05, 4.69) is 156 Å². The van der Waals surface area contributed by atoms with Crippen LogP contribution < -0.4 is 0 Å². The molecule has 0 aliphatic rings. The molecule has 0 amide bonds. The van der Waals surface area contributed by atoms with E-state index in [1.165, 1.54) is 21.9 Å². The molecule has 3 aromatic heterocycles. The van der Waals surface area contributed by atoms with Crippen LogP contribution in [-0.4, -0.2) is 19.4 Å². The molecular formula is C45H28N4. The maximum atomic E-state index is 5.49. The standard InChI is InChI=1S/C45H28N4/c1-3-12-32(13-4-1)41-42(33-14-5-2-6-15-33)48-45-43(47-41)38-28-36(25-26-37(38)44-46-39-17-9-10-18-40(39)49(44)45)31-21-19-30(20-22-31)35-24-23-29-11-7-8-16-34(29)27-35/h1-28H. The number of benzene rings is 7. The van der Waals surface area contributed by atoms with Crippen LogP contribution in [0.25, 0.3) is 94.2 Å². The van der Waals surface area contributed by atoms with Crippen molar-refractivity contribution in [2.24, 2.45) is 0 Å². The van der Waals surface area contributed by atoms with Gasteiger partial charge in [0, 0.05) is 21.9 Å². The van der Waals surface area contributed by atoms with Gasteiger partial charge in [0.25, 0.3) is 0 Å². The molecule has 0 spiro atoms. The average molecular weight is 625 g/mol. The van der Waals surface area contributed by atoms with Crippen molar-refractivity contribution in [3.63, 3.8) is 0 Å². The van der Waals surface area contributed by atoms with Crippen LogP contribution in [-0.2, 0) is 0 Å². The van der Waals surface area contributed by atoms with Gasteiger partial charge in [-0.3, -0.25) is 4.40 Å². The molecule has 0 atom stereocenters. The van der Waals surface area contributed by atoms with Crippen LogP contribution in [0, 0.1) is 0 Å². The summed E-state index contributed by atoms with van der Waals surface area (Å²) in [5, 5.41) is 4.56. The SMILES string of the molecule is c1ccc(-c2nc3c4cc(-c5ccc(-c6ccc7ccccc7c6)cc5)ccc4c4nc5ccccc5n4c3nc2-c2ccccc2)cc1. The molecule has 0 saturated heterocycles. The smallest absolute Gasteiger partial charge is 0.166 e. The summed E-state index contributed by atoms with van der Waals surface area (Å²) in [6, 6.07) is 59.6. The van der Waals surface area contributed by atoms with Gasteiger partial charge in [0.2, 0.25) is 0 Å². The Morgan fingerprint density at radius 1 is 0.347 bits per heavy atom. The molecule has 0 radical (unpaired) electrons. The zero-order valence-electron chi connectivity index (χ0n) is 26.5. The number of pyridine rings is 1. The Morgan fingerprint density at radius 2 is 0.918 bits per heavy atom. The van der Waals surface area contributed by atoms with E-state index in [9.17, 15) is 0 Å². The summed E-state index contributed by atoms with van der Waals surface area (Å²) >= 11 is 0. The van der Waals surface area contributed by atoms with E-state index in [1.807, 2.05) is 18.2 Å². The van der Waals surface area contributed by atoms with Gasteiger partial charge in [0.05, 0.1) is 22.4 Å². The summed E-state index contributed by atoms with van der Waals surface area (Å²) in [7, 11) is 0. The first-order valence-electron chi connectivity index (χ1n) is 16.5. The first-order chi connectivity index (χ1) is 24.3. The summed E-state index contributed by atoms with van der Waals surface area (Å²) < 4.78 is 2.18. The highest BCUT2D eigenvalue weighted by molar-refractivity contribution is 6.13. The lowest BCUT2D eigenvalue weighted by atomic mass is 9.97. The Labute approximate surface area is 282 Å². The van der Waals surface area contributed by atoms with Crippen molar-refractivity contribution in [2.75, 3.05) is 0 Å². The zero-order chi connectivity index (χ0) is 32.3. The number of fused-ring (bicyclic) bond motifs is 9. The van der Waals surface area contributed by atoms with Gasteiger partial charge in [-0.05, 0) is 63.4 Å². The normalized spacial score (nSPS) is 11.7. The molecule has 0 saturated carbocycles. The molecule has 10 rings (SSSR count). The molecule has 49 heavy (non-hydrogen) atoms. The third-order valence-corrected chi connectivity index (χ3v) is 9.56. The van der Waals surface area contributed by atoms with Crippen LogP contribution in [0.1, 0.15) is 0 Å². The number of rotatable bonds is 4. The average Bonchev–Trinajstić information content (AvgIpc) is 3.58. The van der Waals surface area contributed by atoms with Crippen molar-refractivity contribution in [1.29, 1.82) is 0 Å². The Morgan fingerprint density at radius 3 is 1.65 bits per heavy atom. The van der Waals surface area contributed by atoms with Gasteiger partial charge in [-0.1, -0.05) is 140 Å². The molecule has 4 heteroatoms. The first kappa shape index (κ1) is 27.5. The molecule has 0 bridgehead atoms. The van der Waals surface area contributed by atoms with Gasteiger partial charge < -0.3 is 0 Å². The van der Waals surface area contributed by atoms with E-state index < -0.39 is 0 Å². The van der Waals surface area contributed by atoms with E-state index in [4.69, 9.17) is 15.0 Å². The Bertz CT molecular complexity index is 2860. The van der Waals surface area contributed by atoms with E-state index in [0.29, 0.717) is 0 Å². The van der Waals surface area contributed by atoms with Crippen molar-refractivity contribution in [3.8, 4) is 44.8 Å². The monoisotopic (exact) mass is 624 g/mol. The minimum absolute atomic E-state index is 0.790. The molecule has 0 unspecified atom stereocenters. The van der Waals surface area contributed by atoms with E-state index in [1.54, 1.807) is 0 Å². The van der Waals surface area contributed by atoms with Crippen LogP contribution in [0.4, 0.5) is 0 Å². The molecule has 3 heterocycles. The highest BCUT2D eigenvalue weighted by Gasteiger charge is 2.20. The van der Waals surface area contributed by atoms with Gasteiger partial charge in [-0.25, -0.2) is 15.0 Å². The fourth-order valence-corrected chi connectivity index (χ4v) is 7.12. The van der Waals surface area contributed by atoms with Crippen LogP contribution in [0.15, 0.2) is 170 Å². The third kappa shape index (κ3) is 4.49. The molecule has 0 aliphatic carbocycles. The largest absolute Gasteiger partial charge is 0.274 e. The highest BCUT2D eigenvalue weighted by atomic mass is 15.1. The van der Waals surface area contributed by atoms with Crippen molar-refractivity contribution < 1.29 is 0 Å².